The van der Waals surface area contributed by atoms with E-state index in [0.29, 0.717) is 11.9 Å². The first kappa shape index (κ1) is 15.2. The van der Waals surface area contributed by atoms with Crippen molar-refractivity contribution in [3.63, 3.8) is 0 Å². The molecular weight excluding hydrogens is 400 g/mol. The summed E-state index contributed by atoms with van der Waals surface area (Å²) in [5.74, 6) is 0. The molecule has 0 spiro atoms. The molecule has 3 rings (SSSR count). The molecule has 0 saturated carbocycles. The van der Waals surface area contributed by atoms with Crippen LogP contribution in [0.1, 0.15) is 12.8 Å². The van der Waals surface area contributed by atoms with Crippen LogP contribution in [0.25, 0.3) is 10.9 Å². The van der Waals surface area contributed by atoms with Crippen molar-refractivity contribution in [1.82, 2.24) is 9.55 Å². The van der Waals surface area contributed by atoms with Crippen LogP contribution in [-0.2, 0) is 11.3 Å². The molecule has 0 radical (unpaired) electrons. The van der Waals surface area contributed by atoms with Crippen LogP contribution in [0, 0.1) is 5.41 Å². The second-order valence-corrected chi connectivity index (χ2v) is 7.06. The monoisotopic (exact) mass is 414 g/mol. The average molecular weight is 416 g/mol. The van der Waals surface area contributed by atoms with Crippen LogP contribution in [0.5, 0.6) is 0 Å². The molecule has 1 fully saturated rings. The van der Waals surface area contributed by atoms with E-state index >= 15 is 0 Å². The quantitative estimate of drug-likeness (QED) is 0.722. The van der Waals surface area contributed by atoms with Crippen molar-refractivity contribution < 1.29 is 4.74 Å². The van der Waals surface area contributed by atoms with E-state index in [1.54, 1.807) is 10.9 Å². The van der Waals surface area contributed by atoms with E-state index in [1.165, 1.54) is 0 Å². The molecule has 0 aliphatic carbocycles. The van der Waals surface area contributed by atoms with Gasteiger partial charge in [0.25, 0.3) is 5.56 Å². The molecule has 6 heteroatoms. The predicted molar refractivity (Wildman–Crippen MR) is 90.0 cm³/mol. The van der Waals surface area contributed by atoms with Crippen LogP contribution in [0.4, 0.5) is 0 Å². The number of ether oxygens (including phenoxy) is 1. The molecule has 112 valence electrons. The Morgan fingerprint density at radius 2 is 2.10 bits per heavy atom. The third-order valence-electron chi connectivity index (χ3n) is 4.13. The minimum atomic E-state index is 0.0214. The number of halogens is 2. The molecule has 0 unspecified atom stereocenters. The maximum absolute atomic E-state index is 12.7. The highest BCUT2D eigenvalue weighted by atomic mass is 79.9. The first-order chi connectivity index (χ1) is 10.1. The Balaban J connectivity index is 2.00. The first-order valence-electron chi connectivity index (χ1n) is 6.92. The lowest BCUT2D eigenvalue weighted by Gasteiger charge is -2.35. The fourth-order valence-electron chi connectivity index (χ4n) is 2.74. The molecule has 0 N–H and O–H groups in total. The molecule has 4 nitrogen and oxygen atoms in total. The third-order valence-corrected chi connectivity index (χ3v) is 5.81. The van der Waals surface area contributed by atoms with E-state index in [9.17, 15) is 4.79 Å². The highest BCUT2D eigenvalue weighted by Crippen LogP contribution is 2.34. The first-order valence-corrected chi connectivity index (χ1v) is 8.83. The molecule has 0 atom stereocenters. The van der Waals surface area contributed by atoms with Crippen molar-refractivity contribution in [3.05, 3.63) is 39.4 Å². The fourth-order valence-corrected chi connectivity index (χ4v) is 3.84. The van der Waals surface area contributed by atoms with Crippen molar-refractivity contribution in [3.8, 4) is 0 Å². The zero-order valence-corrected chi connectivity index (χ0v) is 14.7. The molecule has 1 aromatic heterocycles. The van der Waals surface area contributed by atoms with E-state index in [4.69, 9.17) is 4.74 Å². The maximum Gasteiger partial charge on any atom is 0.261 e. The van der Waals surface area contributed by atoms with Gasteiger partial charge in [-0.3, -0.25) is 9.36 Å². The van der Waals surface area contributed by atoms with Gasteiger partial charge in [-0.05, 0) is 31.0 Å². The van der Waals surface area contributed by atoms with Crippen LogP contribution in [0.15, 0.2) is 33.8 Å². The van der Waals surface area contributed by atoms with Gasteiger partial charge < -0.3 is 4.74 Å². The van der Waals surface area contributed by atoms with E-state index in [-0.39, 0.29) is 11.0 Å². The van der Waals surface area contributed by atoms with Crippen LogP contribution < -0.4 is 5.56 Å². The van der Waals surface area contributed by atoms with Gasteiger partial charge in [-0.25, -0.2) is 4.98 Å². The fraction of sp³-hybridized carbons (Fsp3) is 0.467. The van der Waals surface area contributed by atoms with Gasteiger partial charge in [0.1, 0.15) is 0 Å². The van der Waals surface area contributed by atoms with Gasteiger partial charge in [-0.1, -0.05) is 31.9 Å². The summed E-state index contributed by atoms with van der Waals surface area (Å²) in [5.41, 5.74) is 0.830. The molecule has 2 heterocycles. The zero-order valence-electron chi connectivity index (χ0n) is 11.5. The molecule has 1 aliphatic heterocycles. The van der Waals surface area contributed by atoms with Crippen molar-refractivity contribution >= 4 is 42.8 Å². The smallest absolute Gasteiger partial charge is 0.261 e. The molecule has 1 aliphatic rings. The molecule has 0 amide bonds. The van der Waals surface area contributed by atoms with Crippen LogP contribution in [-0.4, -0.2) is 28.1 Å². The standard InChI is InChI=1S/C15H16Br2N2O2/c16-8-15(3-5-21-6-4-15)9-19-10-18-13-2-1-11(17)7-12(13)14(19)20/h1-2,7,10H,3-6,8-9H2. The molecule has 21 heavy (non-hydrogen) atoms. The summed E-state index contributed by atoms with van der Waals surface area (Å²) in [6.45, 7) is 2.19. The Labute approximate surface area is 139 Å². The molecule has 1 saturated heterocycles. The summed E-state index contributed by atoms with van der Waals surface area (Å²) in [7, 11) is 0. The van der Waals surface area contributed by atoms with Crippen molar-refractivity contribution in [1.29, 1.82) is 0 Å². The number of fused-ring (bicyclic) bond motifs is 1. The number of benzene rings is 1. The summed E-state index contributed by atoms with van der Waals surface area (Å²) in [6, 6.07) is 5.60. The van der Waals surface area contributed by atoms with Crippen molar-refractivity contribution in [2.75, 3.05) is 18.5 Å². The zero-order chi connectivity index (χ0) is 14.9. The Hall–Kier alpha value is -0.720. The summed E-state index contributed by atoms with van der Waals surface area (Å²) < 4.78 is 8.08. The molecule has 1 aromatic carbocycles. The van der Waals surface area contributed by atoms with Gasteiger partial charge in [0.2, 0.25) is 0 Å². The SMILES string of the molecule is O=c1c2cc(Br)ccc2ncn1CC1(CBr)CCOCC1. The minimum Gasteiger partial charge on any atom is -0.381 e. The normalized spacial score (nSPS) is 18.0. The molecular formula is C15H16Br2N2O2. The summed E-state index contributed by atoms with van der Waals surface area (Å²) in [5, 5.41) is 1.52. The van der Waals surface area contributed by atoms with Gasteiger partial charge in [0.05, 0.1) is 17.2 Å². The van der Waals surface area contributed by atoms with Crippen LogP contribution >= 0.6 is 31.9 Å². The summed E-state index contributed by atoms with van der Waals surface area (Å²) >= 11 is 7.03. The third kappa shape index (κ3) is 3.07. The molecule has 2 aromatic rings. The lowest BCUT2D eigenvalue weighted by Crippen LogP contribution is -2.38. The van der Waals surface area contributed by atoms with Gasteiger partial charge in [-0.15, -0.1) is 0 Å². The Morgan fingerprint density at radius 3 is 2.81 bits per heavy atom. The molecule has 0 bridgehead atoms. The van der Waals surface area contributed by atoms with E-state index in [0.717, 1.165) is 41.4 Å². The Bertz CT molecular complexity index is 708. The van der Waals surface area contributed by atoms with E-state index in [2.05, 4.69) is 36.8 Å². The van der Waals surface area contributed by atoms with Gasteiger partial charge in [-0.2, -0.15) is 0 Å². The number of hydrogen-bond donors (Lipinski definition) is 0. The average Bonchev–Trinajstić information content (AvgIpc) is 2.52. The number of alkyl halides is 1. The van der Waals surface area contributed by atoms with Gasteiger partial charge in [0, 0.05) is 35.0 Å². The second-order valence-electron chi connectivity index (χ2n) is 5.59. The van der Waals surface area contributed by atoms with Crippen molar-refractivity contribution in [2.24, 2.45) is 5.41 Å². The Kier molecular flexibility index (Phi) is 4.47. The van der Waals surface area contributed by atoms with Crippen LogP contribution in [0.2, 0.25) is 0 Å². The summed E-state index contributed by atoms with van der Waals surface area (Å²) in [6.07, 6.45) is 3.58. The van der Waals surface area contributed by atoms with Gasteiger partial charge in [0.15, 0.2) is 0 Å². The minimum absolute atomic E-state index is 0.0214. The second kappa shape index (κ2) is 6.18. The highest BCUT2D eigenvalue weighted by Gasteiger charge is 2.32. The van der Waals surface area contributed by atoms with E-state index < -0.39 is 0 Å². The van der Waals surface area contributed by atoms with Crippen molar-refractivity contribution in [2.45, 2.75) is 19.4 Å². The Morgan fingerprint density at radius 1 is 1.33 bits per heavy atom. The number of aromatic nitrogens is 2. The largest absolute Gasteiger partial charge is 0.381 e. The van der Waals surface area contributed by atoms with Gasteiger partial charge >= 0.3 is 0 Å². The highest BCUT2D eigenvalue weighted by molar-refractivity contribution is 9.10. The number of hydrogen-bond acceptors (Lipinski definition) is 3. The predicted octanol–water partition coefficient (Wildman–Crippen LogP) is 3.35. The lowest BCUT2D eigenvalue weighted by molar-refractivity contribution is 0.0181. The maximum atomic E-state index is 12.7. The topological polar surface area (TPSA) is 44.1 Å². The lowest BCUT2D eigenvalue weighted by atomic mass is 9.82. The number of nitrogens with zero attached hydrogens (tertiary/aromatic N) is 2. The number of rotatable bonds is 3. The van der Waals surface area contributed by atoms with Crippen LogP contribution in [0.3, 0.4) is 0 Å². The van der Waals surface area contributed by atoms with E-state index in [1.807, 2.05) is 18.2 Å². The summed E-state index contributed by atoms with van der Waals surface area (Å²) in [4.78, 5) is 17.1.